The van der Waals surface area contributed by atoms with Gasteiger partial charge in [0.25, 0.3) is 0 Å². The highest BCUT2D eigenvalue weighted by Gasteiger charge is 2.02. The SMILES string of the molecule is COc1ccc2oc(/C=C/c3ccccc3)cc2c1. The van der Waals surface area contributed by atoms with Crippen molar-refractivity contribution in [2.24, 2.45) is 0 Å². The molecule has 0 atom stereocenters. The summed E-state index contributed by atoms with van der Waals surface area (Å²) < 4.78 is 10.9. The van der Waals surface area contributed by atoms with Gasteiger partial charge in [0.05, 0.1) is 7.11 Å². The molecule has 19 heavy (non-hydrogen) atoms. The molecule has 94 valence electrons. The van der Waals surface area contributed by atoms with E-state index in [-0.39, 0.29) is 0 Å². The van der Waals surface area contributed by atoms with Crippen molar-refractivity contribution in [1.29, 1.82) is 0 Å². The summed E-state index contributed by atoms with van der Waals surface area (Å²) >= 11 is 0. The van der Waals surface area contributed by atoms with Gasteiger partial charge < -0.3 is 9.15 Å². The molecule has 0 radical (unpaired) electrons. The zero-order valence-corrected chi connectivity index (χ0v) is 10.7. The Balaban J connectivity index is 1.91. The van der Waals surface area contributed by atoms with Gasteiger partial charge >= 0.3 is 0 Å². The molecule has 2 aromatic carbocycles. The molecule has 1 aromatic heterocycles. The lowest BCUT2D eigenvalue weighted by Gasteiger charge is -1.96. The minimum absolute atomic E-state index is 0.840. The van der Waals surface area contributed by atoms with Crippen LogP contribution in [0.25, 0.3) is 23.1 Å². The number of benzene rings is 2. The highest BCUT2D eigenvalue weighted by atomic mass is 16.5. The van der Waals surface area contributed by atoms with Crippen molar-refractivity contribution in [3.8, 4) is 5.75 Å². The summed E-state index contributed by atoms with van der Waals surface area (Å²) in [7, 11) is 1.66. The Bertz CT molecular complexity index is 708. The van der Waals surface area contributed by atoms with Crippen LogP contribution < -0.4 is 4.74 Å². The zero-order chi connectivity index (χ0) is 13.1. The Kier molecular flexibility index (Phi) is 3.07. The topological polar surface area (TPSA) is 22.4 Å². The lowest BCUT2D eigenvalue weighted by atomic mass is 10.2. The molecule has 2 nitrogen and oxygen atoms in total. The number of methoxy groups -OCH3 is 1. The molecule has 2 heteroatoms. The minimum Gasteiger partial charge on any atom is -0.497 e. The first-order valence-electron chi connectivity index (χ1n) is 6.16. The van der Waals surface area contributed by atoms with Gasteiger partial charge in [0.2, 0.25) is 0 Å². The van der Waals surface area contributed by atoms with E-state index in [1.807, 2.05) is 54.6 Å². The summed E-state index contributed by atoms with van der Waals surface area (Å²) in [5.41, 5.74) is 2.02. The second-order valence-corrected chi connectivity index (χ2v) is 4.30. The Morgan fingerprint density at radius 3 is 2.58 bits per heavy atom. The van der Waals surface area contributed by atoms with E-state index in [2.05, 4.69) is 12.1 Å². The Morgan fingerprint density at radius 2 is 1.79 bits per heavy atom. The van der Waals surface area contributed by atoms with Crippen molar-refractivity contribution in [3.63, 3.8) is 0 Å². The lowest BCUT2D eigenvalue weighted by Crippen LogP contribution is -1.79. The van der Waals surface area contributed by atoms with Crippen molar-refractivity contribution in [3.05, 3.63) is 65.9 Å². The van der Waals surface area contributed by atoms with Crippen LogP contribution >= 0.6 is 0 Å². The fourth-order valence-corrected chi connectivity index (χ4v) is 1.99. The molecule has 0 saturated heterocycles. The Hall–Kier alpha value is -2.48. The van der Waals surface area contributed by atoms with E-state index in [1.165, 1.54) is 0 Å². The standard InChI is InChI=1S/C17H14O2/c1-18-15-9-10-17-14(11-15)12-16(19-17)8-7-13-5-3-2-4-6-13/h2-12H,1H3/b8-7+. The van der Waals surface area contributed by atoms with E-state index < -0.39 is 0 Å². The van der Waals surface area contributed by atoms with Gasteiger partial charge in [0.15, 0.2) is 0 Å². The summed E-state index contributed by atoms with van der Waals surface area (Å²) in [6, 6.07) is 18.0. The maximum atomic E-state index is 5.75. The second-order valence-electron chi connectivity index (χ2n) is 4.30. The number of fused-ring (bicyclic) bond motifs is 1. The molecule has 0 aliphatic rings. The lowest BCUT2D eigenvalue weighted by molar-refractivity contribution is 0.415. The minimum atomic E-state index is 0.840. The van der Waals surface area contributed by atoms with Crippen molar-refractivity contribution in [2.75, 3.05) is 7.11 Å². The average Bonchev–Trinajstić information content (AvgIpc) is 2.88. The molecule has 1 heterocycles. The Morgan fingerprint density at radius 1 is 0.947 bits per heavy atom. The molecular weight excluding hydrogens is 236 g/mol. The van der Waals surface area contributed by atoms with E-state index in [9.17, 15) is 0 Å². The van der Waals surface area contributed by atoms with Crippen molar-refractivity contribution in [1.82, 2.24) is 0 Å². The van der Waals surface area contributed by atoms with Crippen LogP contribution in [0.15, 0.2) is 59.0 Å². The van der Waals surface area contributed by atoms with E-state index in [0.29, 0.717) is 0 Å². The monoisotopic (exact) mass is 250 g/mol. The summed E-state index contributed by atoms with van der Waals surface area (Å²) in [4.78, 5) is 0. The van der Waals surface area contributed by atoms with Crippen LogP contribution in [0, 0.1) is 0 Å². The quantitative estimate of drug-likeness (QED) is 0.677. The number of ether oxygens (including phenoxy) is 1. The highest BCUT2D eigenvalue weighted by molar-refractivity contribution is 5.83. The first kappa shape index (κ1) is 11.6. The van der Waals surface area contributed by atoms with Crippen LogP contribution in [0.4, 0.5) is 0 Å². The van der Waals surface area contributed by atoms with Crippen LogP contribution in [0.3, 0.4) is 0 Å². The molecule has 0 bridgehead atoms. The zero-order valence-electron chi connectivity index (χ0n) is 10.7. The van der Waals surface area contributed by atoms with E-state index in [1.54, 1.807) is 7.11 Å². The summed E-state index contributed by atoms with van der Waals surface area (Å²) in [5, 5.41) is 1.05. The molecule has 0 fully saturated rings. The predicted molar refractivity (Wildman–Crippen MR) is 78.1 cm³/mol. The third-order valence-electron chi connectivity index (χ3n) is 2.98. The van der Waals surface area contributed by atoms with E-state index >= 15 is 0 Å². The molecule has 0 spiro atoms. The van der Waals surface area contributed by atoms with Gasteiger partial charge in [-0.3, -0.25) is 0 Å². The van der Waals surface area contributed by atoms with Gasteiger partial charge in [0.1, 0.15) is 17.1 Å². The number of rotatable bonds is 3. The van der Waals surface area contributed by atoms with Crippen molar-refractivity contribution in [2.45, 2.75) is 0 Å². The van der Waals surface area contributed by atoms with Crippen LogP contribution in [0.2, 0.25) is 0 Å². The van der Waals surface area contributed by atoms with Gasteiger partial charge in [0, 0.05) is 5.39 Å². The van der Waals surface area contributed by atoms with E-state index in [4.69, 9.17) is 9.15 Å². The normalized spacial score (nSPS) is 11.2. The van der Waals surface area contributed by atoms with Gasteiger partial charge in [-0.2, -0.15) is 0 Å². The van der Waals surface area contributed by atoms with Crippen molar-refractivity contribution >= 4 is 23.1 Å². The molecule has 0 unspecified atom stereocenters. The van der Waals surface area contributed by atoms with Crippen LogP contribution in [-0.2, 0) is 0 Å². The van der Waals surface area contributed by atoms with Gasteiger partial charge in [-0.15, -0.1) is 0 Å². The van der Waals surface area contributed by atoms with E-state index in [0.717, 1.165) is 28.0 Å². The molecule has 0 saturated carbocycles. The summed E-state index contributed by atoms with van der Waals surface area (Å²) in [6.07, 6.45) is 4.01. The predicted octanol–water partition coefficient (Wildman–Crippen LogP) is 4.61. The molecule has 3 aromatic rings. The largest absolute Gasteiger partial charge is 0.497 e. The number of hydrogen-bond donors (Lipinski definition) is 0. The van der Waals surface area contributed by atoms with Crippen LogP contribution in [0.5, 0.6) is 5.75 Å². The third-order valence-corrected chi connectivity index (χ3v) is 2.98. The molecule has 0 amide bonds. The van der Waals surface area contributed by atoms with Crippen LogP contribution in [0.1, 0.15) is 11.3 Å². The molecule has 0 N–H and O–H groups in total. The van der Waals surface area contributed by atoms with Crippen LogP contribution in [-0.4, -0.2) is 7.11 Å². The molecule has 0 aliphatic heterocycles. The molecule has 0 aliphatic carbocycles. The van der Waals surface area contributed by atoms with Gasteiger partial charge in [-0.05, 0) is 35.9 Å². The molecular formula is C17H14O2. The first-order valence-corrected chi connectivity index (χ1v) is 6.16. The maximum absolute atomic E-state index is 5.75. The van der Waals surface area contributed by atoms with Gasteiger partial charge in [-0.1, -0.05) is 36.4 Å². The average molecular weight is 250 g/mol. The van der Waals surface area contributed by atoms with Crippen molar-refractivity contribution < 1.29 is 9.15 Å². The number of furan rings is 1. The summed E-state index contributed by atoms with van der Waals surface area (Å²) in [5.74, 6) is 1.68. The second kappa shape index (κ2) is 5.02. The smallest absolute Gasteiger partial charge is 0.135 e. The fraction of sp³-hybridized carbons (Fsp3) is 0.0588. The first-order chi connectivity index (χ1) is 9.35. The summed E-state index contributed by atoms with van der Waals surface area (Å²) in [6.45, 7) is 0. The maximum Gasteiger partial charge on any atom is 0.135 e. The Labute approximate surface area is 111 Å². The van der Waals surface area contributed by atoms with Gasteiger partial charge in [-0.25, -0.2) is 0 Å². The highest BCUT2D eigenvalue weighted by Crippen LogP contribution is 2.25. The fourth-order valence-electron chi connectivity index (χ4n) is 1.99. The molecule has 3 rings (SSSR count). The third kappa shape index (κ3) is 2.52. The number of hydrogen-bond acceptors (Lipinski definition) is 2.